The summed E-state index contributed by atoms with van der Waals surface area (Å²) in [4.78, 5) is 0. The monoisotopic (exact) mass is 365 g/mol. The van der Waals surface area contributed by atoms with E-state index in [9.17, 15) is 0 Å². The second-order valence-corrected chi connectivity index (χ2v) is 5.57. The van der Waals surface area contributed by atoms with Gasteiger partial charge in [0.05, 0.1) is 21.3 Å². The average molecular weight is 366 g/mol. The summed E-state index contributed by atoms with van der Waals surface area (Å²) in [6, 6.07) is 11.9. The second-order valence-electron chi connectivity index (χ2n) is 4.71. The van der Waals surface area contributed by atoms with Crippen molar-refractivity contribution in [1.82, 2.24) is 5.32 Å². The highest BCUT2D eigenvalue weighted by molar-refractivity contribution is 9.10. The maximum absolute atomic E-state index is 5.35. The highest BCUT2D eigenvalue weighted by Gasteiger charge is 2.09. The van der Waals surface area contributed by atoms with Gasteiger partial charge >= 0.3 is 0 Å². The van der Waals surface area contributed by atoms with Gasteiger partial charge in [-0.15, -0.1) is 0 Å². The molecule has 0 atom stereocenters. The fourth-order valence-electron chi connectivity index (χ4n) is 2.21. The van der Waals surface area contributed by atoms with Gasteiger partial charge in [-0.25, -0.2) is 0 Å². The van der Waals surface area contributed by atoms with Crippen LogP contribution in [0.15, 0.2) is 40.9 Å². The lowest BCUT2D eigenvalue weighted by Crippen LogP contribution is -2.14. The second kappa shape index (κ2) is 8.06. The van der Waals surface area contributed by atoms with Gasteiger partial charge < -0.3 is 19.5 Å². The summed E-state index contributed by atoms with van der Waals surface area (Å²) in [6.07, 6.45) is 0. The molecule has 2 aromatic carbocycles. The number of benzene rings is 2. The predicted molar refractivity (Wildman–Crippen MR) is 90.8 cm³/mol. The van der Waals surface area contributed by atoms with Crippen molar-refractivity contribution in [3.8, 4) is 17.2 Å². The normalized spacial score (nSPS) is 10.4. The molecule has 0 aliphatic rings. The van der Waals surface area contributed by atoms with Gasteiger partial charge in [0.15, 0.2) is 11.5 Å². The SMILES string of the molecule is COc1ccccc1CNCc1cc(OC)c(OC)cc1Br. The summed E-state index contributed by atoms with van der Waals surface area (Å²) in [7, 11) is 4.95. The Kier molecular flexibility index (Phi) is 6.10. The Balaban J connectivity index is 2.05. The van der Waals surface area contributed by atoms with E-state index in [2.05, 4.69) is 27.3 Å². The molecule has 0 aliphatic carbocycles. The molecule has 0 aromatic heterocycles. The van der Waals surface area contributed by atoms with E-state index in [4.69, 9.17) is 14.2 Å². The van der Waals surface area contributed by atoms with Gasteiger partial charge in [0.1, 0.15) is 5.75 Å². The first kappa shape index (κ1) is 16.6. The zero-order chi connectivity index (χ0) is 15.9. The van der Waals surface area contributed by atoms with E-state index >= 15 is 0 Å². The lowest BCUT2D eigenvalue weighted by molar-refractivity contribution is 0.354. The van der Waals surface area contributed by atoms with E-state index in [1.165, 1.54) is 0 Å². The molecule has 0 saturated heterocycles. The van der Waals surface area contributed by atoms with Crippen LogP contribution in [-0.2, 0) is 13.1 Å². The maximum atomic E-state index is 5.35. The first-order valence-corrected chi connectivity index (χ1v) is 7.72. The molecule has 0 amide bonds. The predicted octanol–water partition coefficient (Wildman–Crippen LogP) is 3.76. The minimum atomic E-state index is 0.707. The maximum Gasteiger partial charge on any atom is 0.161 e. The summed E-state index contributed by atoms with van der Waals surface area (Å²) in [5.41, 5.74) is 2.23. The minimum absolute atomic E-state index is 0.707. The summed E-state index contributed by atoms with van der Waals surface area (Å²) < 4.78 is 17.0. The number of hydrogen-bond donors (Lipinski definition) is 1. The van der Waals surface area contributed by atoms with Gasteiger partial charge in [0.25, 0.3) is 0 Å². The number of rotatable bonds is 7. The molecule has 2 rings (SSSR count). The molecule has 0 heterocycles. The standard InChI is InChI=1S/C17H20BrNO3/c1-20-15-7-5-4-6-12(15)10-19-11-13-8-16(21-2)17(22-3)9-14(13)18/h4-9,19H,10-11H2,1-3H3. The lowest BCUT2D eigenvalue weighted by atomic mass is 10.1. The van der Waals surface area contributed by atoms with E-state index in [0.717, 1.165) is 33.6 Å². The summed E-state index contributed by atoms with van der Waals surface area (Å²) in [5, 5.41) is 3.42. The van der Waals surface area contributed by atoms with Crippen molar-refractivity contribution in [2.24, 2.45) is 0 Å². The van der Waals surface area contributed by atoms with Crippen LogP contribution in [0.25, 0.3) is 0 Å². The fourth-order valence-corrected chi connectivity index (χ4v) is 2.68. The Labute approximate surface area is 139 Å². The summed E-state index contributed by atoms with van der Waals surface area (Å²) in [5.74, 6) is 2.32. The van der Waals surface area contributed by atoms with Crippen LogP contribution < -0.4 is 19.5 Å². The molecule has 2 aromatic rings. The zero-order valence-electron chi connectivity index (χ0n) is 13.0. The third-order valence-corrected chi connectivity index (χ3v) is 4.11. The molecule has 0 fully saturated rings. The number of hydrogen-bond acceptors (Lipinski definition) is 4. The van der Waals surface area contributed by atoms with Crippen LogP contribution in [0, 0.1) is 0 Å². The quantitative estimate of drug-likeness (QED) is 0.810. The molecular weight excluding hydrogens is 346 g/mol. The van der Waals surface area contributed by atoms with Crippen molar-refractivity contribution in [3.63, 3.8) is 0 Å². The smallest absolute Gasteiger partial charge is 0.161 e. The molecule has 118 valence electrons. The van der Waals surface area contributed by atoms with Gasteiger partial charge in [0.2, 0.25) is 0 Å². The van der Waals surface area contributed by atoms with Gasteiger partial charge in [-0.05, 0) is 23.8 Å². The molecule has 0 radical (unpaired) electrons. The van der Waals surface area contributed by atoms with E-state index in [1.807, 2.05) is 30.3 Å². The number of methoxy groups -OCH3 is 3. The highest BCUT2D eigenvalue weighted by atomic mass is 79.9. The first-order valence-electron chi connectivity index (χ1n) is 6.92. The molecule has 22 heavy (non-hydrogen) atoms. The molecule has 5 heteroatoms. The highest BCUT2D eigenvalue weighted by Crippen LogP contribution is 2.33. The molecule has 0 bridgehead atoms. The van der Waals surface area contributed by atoms with Gasteiger partial charge in [0, 0.05) is 23.1 Å². The number of halogens is 1. The minimum Gasteiger partial charge on any atom is -0.496 e. The van der Waals surface area contributed by atoms with Gasteiger partial charge in [-0.3, -0.25) is 0 Å². The van der Waals surface area contributed by atoms with Crippen molar-refractivity contribution >= 4 is 15.9 Å². The molecule has 0 aliphatic heterocycles. The van der Waals surface area contributed by atoms with Crippen LogP contribution in [0.3, 0.4) is 0 Å². The Morgan fingerprint density at radius 3 is 2.09 bits per heavy atom. The van der Waals surface area contributed by atoms with Gasteiger partial charge in [-0.1, -0.05) is 34.1 Å². The van der Waals surface area contributed by atoms with Crippen LogP contribution in [0.5, 0.6) is 17.2 Å². The third-order valence-electron chi connectivity index (χ3n) is 3.38. The molecule has 4 nitrogen and oxygen atoms in total. The fraction of sp³-hybridized carbons (Fsp3) is 0.294. The topological polar surface area (TPSA) is 39.7 Å². The van der Waals surface area contributed by atoms with Crippen molar-refractivity contribution in [2.75, 3.05) is 21.3 Å². The van der Waals surface area contributed by atoms with Gasteiger partial charge in [-0.2, -0.15) is 0 Å². The molecular formula is C17H20BrNO3. The average Bonchev–Trinajstić information content (AvgIpc) is 2.56. The van der Waals surface area contributed by atoms with E-state index in [-0.39, 0.29) is 0 Å². The Morgan fingerprint density at radius 1 is 0.818 bits per heavy atom. The lowest BCUT2D eigenvalue weighted by Gasteiger charge is -2.13. The molecule has 0 spiro atoms. The summed E-state index contributed by atoms with van der Waals surface area (Å²) >= 11 is 3.57. The van der Waals surface area contributed by atoms with Crippen LogP contribution >= 0.6 is 15.9 Å². The molecule has 0 unspecified atom stereocenters. The largest absolute Gasteiger partial charge is 0.496 e. The first-order chi connectivity index (χ1) is 10.7. The van der Waals surface area contributed by atoms with E-state index in [1.54, 1.807) is 21.3 Å². The Hall–Kier alpha value is -1.72. The van der Waals surface area contributed by atoms with E-state index in [0.29, 0.717) is 12.3 Å². The Morgan fingerprint density at radius 2 is 1.41 bits per heavy atom. The van der Waals surface area contributed by atoms with Crippen LogP contribution in [0.1, 0.15) is 11.1 Å². The van der Waals surface area contributed by atoms with Crippen LogP contribution in [0.4, 0.5) is 0 Å². The van der Waals surface area contributed by atoms with Crippen molar-refractivity contribution < 1.29 is 14.2 Å². The van der Waals surface area contributed by atoms with E-state index < -0.39 is 0 Å². The Bertz CT molecular complexity index is 631. The van der Waals surface area contributed by atoms with Crippen LogP contribution in [-0.4, -0.2) is 21.3 Å². The molecule has 1 N–H and O–H groups in total. The van der Waals surface area contributed by atoms with Crippen molar-refractivity contribution in [3.05, 3.63) is 52.0 Å². The number of para-hydroxylation sites is 1. The number of nitrogens with one attached hydrogen (secondary N) is 1. The van der Waals surface area contributed by atoms with Crippen LogP contribution in [0.2, 0.25) is 0 Å². The van der Waals surface area contributed by atoms with Crippen molar-refractivity contribution in [1.29, 1.82) is 0 Å². The third kappa shape index (κ3) is 3.93. The molecule has 0 saturated carbocycles. The number of ether oxygens (including phenoxy) is 3. The zero-order valence-corrected chi connectivity index (χ0v) is 14.6. The summed E-state index contributed by atoms with van der Waals surface area (Å²) in [6.45, 7) is 1.43. The van der Waals surface area contributed by atoms with Crippen molar-refractivity contribution in [2.45, 2.75) is 13.1 Å².